The van der Waals surface area contributed by atoms with Gasteiger partial charge in [-0.15, -0.1) is 0 Å². The molecule has 0 fully saturated rings. The second-order valence-electron chi connectivity index (χ2n) is 2.41. The zero-order chi connectivity index (χ0) is 8.97. The smallest absolute Gasteiger partial charge is 0.0260 e. The van der Waals surface area contributed by atoms with E-state index in [1.807, 2.05) is 7.05 Å². The van der Waals surface area contributed by atoms with Crippen LogP contribution in [-0.2, 0) is 6.42 Å². The van der Waals surface area contributed by atoms with E-state index in [1.165, 1.54) is 10.5 Å². The Morgan fingerprint density at radius 1 is 1.50 bits per heavy atom. The van der Waals surface area contributed by atoms with Crippen molar-refractivity contribution in [3.05, 3.63) is 28.2 Å². The van der Waals surface area contributed by atoms with Gasteiger partial charge in [-0.2, -0.15) is 0 Å². The summed E-state index contributed by atoms with van der Waals surface area (Å²) in [5, 5.41) is 0. The third-order valence-electron chi connectivity index (χ3n) is 1.62. The fourth-order valence-electron chi connectivity index (χ4n) is 1.03. The standard InChI is InChI=1S/C9H12BrNS/c1-3-7-6-8(10)4-5-9(7)12-11-2/h4-6,11H,3H2,1-2H3. The van der Waals surface area contributed by atoms with Crippen molar-refractivity contribution in [3.8, 4) is 0 Å². The summed E-state index contributed by atoms with van der Waals surface area (Å²) in [6.45, 7) is 2.17. The van der Waals surface area contributed by atoms with Crippen LogP contribution in [0.5, 0.6) is 0 Å². The lowest BCUT2D eigenvalue weighted by Crippen LogP contribution is -1.94. The Kier molecular flexibility index (Phi) is 4.12. The van der Waals surface area contributed by atoms with Crippen LogP contribution in [0.4, 0.5) is 0 Å². The Balaban J connectivity index is 2.94. The minimum absolute atomic E-state index is 1.07. The molecule has 0 spiro atoms. The molecule has 1 N–H and O–H groups in total. The molecule has 0 atom stereocenters. The summed E-state index contributed by atoms with van der Waals surface area (Å²) in [5.41, 5.74) is 1.38. The molecule has 0 unspecified atom stereocenters. The van der Waals surface area contributed by atoms with Crippen molar-refractivity contribution < 1.29 is 0 Å². The highest BCUT2D eigenvalue weighted by Crippen LogP contribution is 2.23. The number of hydrogen-bond donors (Lipinski definition) is 1. The molecule has 0 aliphatic rings. The number of nitrogens with one attached hydrogen (secondary N) is 1. The Hall–Kier alpha value is 0.01000. The van der Waals surface area contributed by atoms with Gasteiger partial charge in [0.25, 0.3) is 0 Å². The second kappa shape index (κ2) is 4.90. The van der Waals surface area contributed by atoms with Gasteiger partial charge >= 0.3 is 0 Å². The zero-order valence-corrected chi connectivity index (χ0v) is 9.63. The Morgan fingerprint density at radius 3 is 2.83 bits per heavy atom. The van der Waals surface area contributed by atoms with Crippen molar-refractivity contribution in [2.75, 3.05) is 7.05 Å². The van der Waals surface area contributed by atoms with E-state index in [0.717, 1.165) is 10.9 Å². The summed E-state index contributed by atoms with van der Waals surface area (Å²) in [7, 11) is 1.94. The van der Waals surface area contributed by atoms with Gasteiger partial charge in [0.05, 0.1) is 0 Å². The molecule has 0 aliphatic heterocycles. The van der Waals surface area contributed by atoms with Crippen LogP contribution in [0.3, 0.4) is 0 Å². The van der Waals surface area contributed by atoms with Gasteiger partial charge in [-0.3, -0.25) is 4.72 Å². The molecular formula is C9H12BrNS. The van der Waals surface area contributed by atoms with E-state index >= 15 is 0 Å². The van der Waals surface area contributed by atoms with Crippen LogP contribution >= 0.6 is 27.9 Å². The summed E-state index contributed by atoms with van der Waals surface area (Å²) in [5.74, 6) is 0. The van der Waals surface area contributed by atoms with Crippen LogP contribution in [0.25, 0.3) is 0 Å². The lowest BCUT2D eigenvalue weighted by atomic mass is 10.2. The van der Waals surface area contributed by atoms with E-state index in [2.05, 4.69) is 45.8 Å². The van der Waals surface area contributed by atoms with Gasteiger partial charge in [0.1, 0.15) is 0 Å². The molecular weight excluding hydrogens is 234 g/mol. The average Bonchev–Trinajstić information content (AvgIpc) is 2.08. The summed E-state index contributed by atoms with van der Waals surface area (Å²) >= 11 is 5.12. The van der Waals surface area contributed by atoms with Crippen molar-refractivity contribution in [2.45, 2.75) is 18.2 Å². The van der Waals surface area contributed by atoms with Gasteiger partial charge in [0.2, 0.25) is 0 Å². The van der Waals surface area contributed by atoms with E-state index in [1.54, 1.807) is 11.9 Å². The number of rotatable bonds is 3. The molecule has 0 aromatic heterocycles. The third kappa shape index (κ3) is 2.51. The lowest BCUT2D eigenvalue weighted by Gasteiger charge is -2.06. The summed E-state index contributed by atoms with van der Waals surface area (Å²) in [6, 6.07) is 6.36. The van der Waals surface area contributed by atoms with Crippen molar-refractivity contribution in [3.63, 3.8) is 0 Å². The largest absolute Gasteiger partial charge is 0.263 e. The highest BCUT2D eigenvalue weighted by molar-refractivity contribution is 9.10. The minimum atomic E-state index is 1.07. The van der Waals surface area contributed by atoms with E-state index in [-0.39, 0.29) is 0 Å². The van der Waals surface area contributed by atoms with Gasteiger partial charge in [-0.1, -0.05) is 22.9 Å². The molecule has 66 valence electrons. The van der Waals surface area contributed by atoms with Gasteiger partial charge in [0, 0.05) is 9.37 Å². The Bertz CT molecular complexity index is 263. The molecule has 3 heteroatoms. The molecule has 1 aromatic carbocycles. The predicted molar refractivity (Wildman–Crippen MR) is 58.4 cm³/mol. The van der Waals surface area contributed by atoms with Crippen LogP contribution < -0.4 is 4.72 Å². The molecule has 1 nitrogen and oxygen atoms in total. The van der Waals surface area contributed by atoms with Gasteiger partial charge in [0.15, 0.2) is 0 Å². The number of halogens is 1. The van der Waals surface area contributed by atoms with Crippen molar-refractivity contribution in [1.82, 2.24) is 4.72 Å². The van der Waals surface area contributed by atoms with Crippen LogP contribution in [0, 0.1) is 0 Å². The zero-order valence-electron chi connectivity index (χ0n) is 7.23. The molecule has 1 rings (SSSR count). The maximum absolute atomic E-state index is 3.46. The van der Waals surface area contributed by atoms with Crippen molar-refractivity contribution in [1.29, 1.82) is 0 Å². The van der Waals surface area contributed by atoms with E-state index in [4.69, 9.17) is 0 Å². The van der Waals surface area contributed by atoms with Crippen LogP contribution in [0.1, 0.15) is 12.5 Å². The van der Waals surface area contributed by atoms with E-state index in [9.17, 15) is 0 Å². The van der Waals surface area contributed by atoms with Gasteiger partial charge in [-0.25, -0.2) is 0 Å². The Labute approximate surface area is 86.2 Å². The summed E-state index contributed by atoms with van der Waals surface area (Å²) in [4.78, 5) is 1.31. The lowest BCUT2D eigenvalue weighted by molar-refractivity contribution is 1.07. The first kappa shape index (κ1) is 10.1. The normalized spacial score (nSPS) is 10.2. The molecule has 0 aliphatic carbocycles. The fourth-order valence-corrected chi connectivity index (χ4v) is 2.13. The van der Waals surface area contributed by atoms with Crippen LogP contribution in [-0.4, -0.2) is 7.05 Å². The minimum Gasteiger partial charge on any atom is -0.263 e. The summed E-state index contributed by atoms with van der Waals surface area (Å²) in [6.07, 6.45) is 1.07. The first-order valence-electron chi connectivity index (χ1n) is 3.90. The topological polar surface area (TPSA) is 12.0 Å². The van der Waals surface area contributed by atoms with Crippen LogP contribution in [0.15, 0.2) is 27.6 Å². The second-order valence-corrected chi connectivity index (χ2v) is 4.38. The maximum atomic E-state index is 3.46. The highest BCUT2D eigenvalue weighted by Gasteiger charge is 2.00. The molecule has 0 amide bonds. The third-order valence-corrected chi connectivity index (χ3v) is 2.93. The van der Waals surface area contributed by atoms with Gasteiger partial charge < -0.3 is 0 Å². The van der Waals surface area contributed by atoms with Gasteiger partial charge in [-0.05, 0) is 49.2 Å². The quantitative estimate of drug-likeness (QED) is 0.822. The molecule has 12 heavy (non-hydrogen) atoms. The van der Waals surface area contributed by atoms with Crippen LogP contribution in [0.2, 0.25) is 0 Å². The van der Waals surface area contributed by atoms with E-state index < -0.39 is 0 Å². The fraction of sp³-hybridized carbons (Fsp3) is 0.333. The SMILES string of the molecule is CCc1cc(Br)ccc1SNC. The molecule has 0 bridgehead atoms. The molecule has 0 heterocycles. The molecule has 1 aromatic rings. The maximum Gasteiger partial charge on any atom is 0.0260 e. The highest BCUT2D eigenvalue weighted by atomic mass is 79.9. The van der Waals surface area contributed by atoms with Crippen molar-refractivity contribution >= 4 is 27.9 Å². The monoisotopic (exact) mass is 245 g/mol. The number of hydrogen-bond acceptors (Lipinski definition) is 2. The average molecular weight is 246 g/mol. The molecule has 0 radical (unpaired) electrons. The van der Waals surface area contributed by atoms with E-state index in [0.29, 0.717) is 0 Å². The number of aryl methyl sites for hydroxylation is 1. The first-order chi connectivity index (χ1) is 5.77. The molecule has 0 saturated carbocycles. The number of benzene rings is 1. The first-order valence-corrected chi connectivity index (χ1v) is 5.51. The molecule has 0 saturated heterocycles. The van der Waals surface area contributed by atoms with Crippen molar-refractivity contribution in [2.24, 2.45) is 0 Å². The summed E-state index contributed by atoms with van der Waals surface area (Å²) < 4.78 is 4.23. The predicted octanol–water partition coefficient (Wildman–Crippen LogP) is 3.24. The Morgan fingerprint density at radius 2 is 2.25 bits per heavy atom.